The van der Waals surface area contributed by atoms with Gasteiger partial charge in [-0.15, -0.1) is 0 Å². The third-order valence-corrected chi connectivity index (χ3v) is 9.87. The molecule has 1 amide bonds. The smallest absolute Gasteiger partial charge is 0.410 e. The summed E-state index contributed by atoms with van der Waals surface area (Å²) in [5.41, 5.74) is 3.41. The van der Waals surface area contributed by atoms with Crippen molar-refractivity contribution in [2.45, 2.75) is 64.9 Å². The molecule has 0 unspecified atom stereocenters. The first-order valence-electron chi connectivity index (χ1n) is 17.6. The lowest BCUT2D eigenvalue weighted by molar-refractivity contribution is -0.151. The lowest BCUT2D eigenvalue weighted by Gasteiger charge is -2.36. The SMILES string of the molecule is C/C(=C\c1cc(F)cc(N2CCN(Cc3cccnc3)CC2)c1)[C@H]1OC(=O)C[C@H](O)CC[C@H](C)[C@@H](OC(=O)N2CCN(C)CC2)/C=C/[C@@H]1C. The third kappa shape index (κ3) is 10.6. The number of aliphatic hydroxyl groups is 1. The number of piperazine rings is 2. The first kappa shape index (κ1) is 36.5. The molecule has 1 aromatic carbocycles. The van der Waals surface area contributed by atoms with Crippen molar-refractivity contribution in [3.8, 4) is 0 Å². The fraction of sp³-hybridized carbons (Fsp3) is 0.553. The zero-order valence-corrected chi connectivity index (χ0v) is 29.3. The average molecular weight is 678 g/mol. The number of ether oxygens (including phenoxy) is 2. The minimum absolute atomic E-state index is 0.0667. The summed E-state index contributed by atoms with van der Waals surface area (Å²) in [4.78, 5) is 38.8. The van der Waals surface area contributed by atoms with Gasteiger partial charge >= 0.3 is 12.1 Å². The fourth-order valence-corrected chi connectivity index (χ4v) is 6.75. The molecule has 3 aliphatic heterocycles. The molecule has 49 heavy (non-hydrogen) atoms. The van der Waals surface area contributed by atoms with E-state index < -0.39 is 24.3 Å². The van der Waals surface area contributed by atoms with Crippen LogP contribution in [0.5, 0.6) is 0 Å². The van der Waals surface area contributed by atoms with Gasteiger partial charge in [0.15, 0.2) is 0 Å². The van der Waals surface area contributed by atoms with Crippen molar-refractivity contribution in [2.75, 3.05) is 64.3 Å². The summed E-state index contributed by atoms with van der Waals surface area (Å²) in [6.07, 6.45) is 7.81. The summed E-state index contributed by atoms with van der Waals surface area (Å²) < 4.78 is 27.0. The molecule has 0 aliphatic carbocycles. The van der Waals surface area contributed by atoms with Crippen LogP contribution >= 0.6 is 0 Å². The van der Waals surface area contributed by atoms with Crippen molar-refractivity contribution in [3.05, 3.63) is 77.4 Å². The quantitative estimate of drug-likeness (QED) is 0.335. The number of rotatable bonds is 6. The number of aliphatic hydroxyl groups excluding tert-OH is 1. The highest BCUT2D eigenvalue weighted by Crippen LogP contribution is 2.28. The molecule has 5 atom stereocenters. The molecule has 1 N–H and O–H groups in total. The van der Waals surface area contributed by atoms with Crippen molar-refractivity contribution in [2.24, 2.45) is 11.8 Å². The number of anilines is 1. The number of hydrogen-bond acceptors (Lipinski definition) is 9. The van der Waals surface area contributed by atoms with E-state index in [0.717, 1.165) is 57.1 Å². The summed E-state index contributed by atoms with van der Waals surface area (Å²) in [5.74, 6) is -1.17. The molecule has 2 aromatic rings. The summed E-state index contributed by atoms with van der Waals surface area (Å²) >= 11 is 0. The lowest BCUT2D eigenvalue weighted by Crippen LogP contribution is -2.48. The standard InChI is InChI=1S/C38H52FN5O5/c1-27-7-9-34(45)24-36(46)49-37(28(2)8-10-35(27)48-38(47)44-16-12-41(4)13-17-44)29(3)20-31-21-32(39)23-33(22-31)43-18-14-42(15-19-43)26-30-6-5-11-40-25-30/h5-6,8,10-11,20-23,25,27-28,34-35,37,45H,7,9,12-19,24,26H2,1-4H3/b10-8+,29-20+/t27-,28-,34+,35-,37-/m0/s1. The Hall–Kier alpha value is -3.80. The van der Waals surface area contributed by atoms with Gasteiger partial charge in [0.2, 0.25) is 0 Å². The monoisotopic (exact) mass is 677 g/mol. The number of nitrogens with zero attached hydrogens (tertiary/aromatic N) is 5. The number of cyclic esters (lactones) is 1. The van der Waals surface area contributed by atoms with E-state index in [1.165, 1.54) is 11.6 Å². The van der Waals surface area contributed by atoms with Crippen molar-refractivity contribution < 1.29 is 28.6 Å². The zero-order chi connectivity index (χ0) is 34.9. The van der Waals surface area contributed by atoms with E-state index in [2.05, 4.69) is 25.8 Å². The van der Waals surface area contributed by atoms with Gasteiger partial charge in [0.25, 0.3) is 0 Å². The first-order chi connectivity index (χ1) is 23.5. The van der Waals surface area contributed by atoms with Crippen LogP contribution in [0.15, 0.2) is 60.5 Å². The Labute approximate surface area is 290 Å². The van der Waals surface area contributed by atoms with Crippen LogP contribution in [0.2, 0.25) is 0 Å². The number of aromatic nitrogens is 1. The van der Waals surface area contributed by atoms with Gasteiger partial charge in [-0.25, -0.2) is 9.18 Å². The predicted molar refractivity (Wildman–Crippen MR) is 188 cm³/mol. The van der Waals surface area contributed by atoms with Crippen LogP contribution in [0.1, 0.15) is 51.2 Å². The van der Waals surface area contributed by atoms with Crippen LogP contribution in [0, 0.1) is 17.7 Å². The highest BCUT2D eigenvalue weighted by molar-refractivity contribution is 5.71. The topological polar surface area (TPSA) is 98.7 Å². The Kier molecular flexibility index (Phi) is 12.8. The molecule has 0 saturated carbocycles. The molecule has 0 spiro atoms. The van der Waals surface area contributed by atoms with E-state index in [0.29, 0.717) is 31.5 Å². The molecule has 5 rings (SSSR count). The number of carbonyl (C=O) groups is 2. The molecule has 0 bridgehead atoms. The van der Waals surface area contributed by atoms with Gasteiger partial charge in [-0.3, -0.25) is 14.7 Å². The molecule has 4 heterocycles. The second-order valence-corrected chi connectivity index (χ2v) is 14.0. The first-order valence-corrected chi connectivity index (χ1v) is 17.6. The van der Waals surface area contributed by atoms with Crippen LogP contribution in [0.3, 0.4) is 0 Å². The van der Waals surface area contributed by atoms with Crippen molar-refractivity contribution >= 4 is 23.8 Å². The molecular weight excluding hydrogens is 625 g/mol. The maximum absolute atomic E-state index is 15.0. The number of esters is 1. The number of halogens is 1. The second kappa shape index (κ2) is 17.2. The Morgan fingerprint density at radius 2 is 1.82 bits per heavy atom. The van der Waals surface area contributed by atoms with Gasteiger partial charge < -0.3 is 29.3 Å². The molecule has 266 valence electrons. The highest BCUT2D eigenvalue weighted by Gasteiger charge is 2.29. The van der Waals surface area contributed by atoms with E-state index in [1.807, 2.05) is 64.4 Å². The fourth-order valence-electron chi connectivity index (χ4n) is 6.75. The summed E-state index contributed by atoms with van der Waals surface area (Å²) in [5, 5.41) is 10.7. The van der Waals surface area contributed by atoms with E-state index in [-0.39, 0.29) is 30.2 Å². The number of benzene rings is 1. The average Bonchev–Trinajstić information content (AvgIpc) is 3.08. The number of hydrogen-bond donors (Lipinski definition) is 1. The Bertz CT molecular complexity index is 1460. The van der Waals surface area contributed by atoms with Gasteiger partial charge in [0, 0.05) is 82.9 Å². The Morgan fingerprint density at radius 3 is 2.53 bits per heavy atom. The number of carbonyl (C=O) groups excluding carboxylic acids is 2. The molecule has 11 heteroatoms. The maximum Gasteiger partial charge on any atom is 0.410 e. The number of amides is 1. The zero-order valence-electron chi connectivity index (χ0n) is 29.3. The van der Waals surface area contributed by atoms with E-state index >= 15 is 4.39 Å². The van der Waals surface area contributed by atoms with Crippen LogP contribution < -0.4 is 4.90 Å². The molecule has 2 saturated heterocycles. The van der Waals surface area contributed by atoms with Crippen LogP contribution in [-0.4, -0.2) is 115 Å². The lowest BCUT2D eigenvalue weighted by atomic mass is 9.91. The predicted octanol–water partition coefficient (Wildman–Crippen LogP) is 4.98. The largest absolute Gasteiger partial charge is 0.457 e. The van der Waals surface area contributed by atoms with Gasteiger partial charge in [-0.1, -0.05) is 32.1 Å². The molecular formula is C38H52FN5O5. The van der Waals surface area contributed by atoms with Crippen LogP contribution in [0.4, 0.5) is 14.9 Å². The highest BCUT2D eigenvalue weighted by atomic mass is 19.1. The molecule has 2 fully saturated rings. The van der Waals surface area contributed by atoms with Crippen molar-refractivity contribution in [3.63, 3.8) is 0 Å². The summed E-state index contributed by atoms with van der Waals surface area (Å²) in [7, 11) is 2.04. The van der Waals surface area contributed by atoms with E-state index in [9.17, 15) is 14.7 Å². The van der Waals surface area contributed by atoms with Crippen molar-refractivity contribution in [1.29, 1.82) is 0 Å². The van der Waals surface area contributed by atoms with Crippen LogP contribution in [0.25, 0.3) is 6.08 Å². The Morgan fingerprint density at radius 1 is 1.06 bits per heavy atom. The van der Waals surface area contributed by atoms with Gasteiger partial charge in [-0.2, -0.15) is 0 Å². The van der Waals surface area contributed by atoms with Crippen LogP contribution in [-0.2, 0) is 20.8 Å². The van der Waals surface area contributed by atoms with Gasteiger partial charge in [0.1, 0.15) is 18.0 Å². The van der Waals surface area contributed by atoms with E-state index in [1.54, 1.807) is 17.2 Å². The summed E-state index contributed by atoms with van der Waals surface area (Å²) in [6.45, 7) is 12.7. The van der Waals surface area contributed by atoms with Crippen molar-refractivity contribution in [1.82, 2.24) is 19.7 Å². The Balaban J connectivity index is 1.30. The minimum Gasteiger partial charge on any atom is -0.457 e. The summed E-state index contributed by atoms with van der Waals surface area (Å²) in [6, 6.07) is 9.05. The van der Waals surface area contributed by atoms with Gasteiger partial charge in [0.05, 0.1) is 12.5 Å². The maximum atomic E-state index is 15.0. The molecule has 3 aliphatic rings. The normalized spacial score (nSPS) is 27.5. The van der Waals surface area contributed by atoms with Gasteiger partial charge in [-0.05, 0) is 79.8 Å². The minimum atomic E-state index is -0.872. The number of pyridine rings is 1. The third-order valence-electron chi connectivity index (χ3n) is 9.87. The molecule has 0 radical (unpaired) electrons. The molecule has 10 nitrogen and oxygen atoms in total. The van der Waals surface area contributed by atoms with E-state index in [4.69, 9.17) is 9.47 Å². The molecule has 1 aromatic heterocycles. The number of likely N-dealkylation sites (N-methyl/N-ethyl adjacent to an activating group) is 1. The second-order valence-electron chi connectivity index (χ2n) is 14.0.